The van der Waals surface area contributed by atoms with E-state index in [4.69, 9.17) is 0 Å². The summed E-state index contributed by atoms with van der Waals surface area (Å²) in [6.07, 6.45) is 1.53. The van der Waals surface area contributed by atoms with Crippen LogP contribution in [0.5, 0.6) is 0 Å². The highest BCUT2D eigenvalue weighted by Gasteiger charge is 2.22. The van der Waals surface area contributed by atoms with E-state index in [0.717, 1.165) is 11.6 Å². The highest BCUT2D eigenvalue weighted by molar-refractivity contribution is 7.99. The van der Waals surface area contributed by atoms with Gasteiger partial charge in [-0.15, -0.1) is 11.8 Å². The number of hydrogen-bond donors (Lipinski definition) is 3. The second-order valence-electron chi connectivity index (χ2n) is 3.17. The lowest BCUT2D eigenvalue weighted by Gasteiger charge is -2.09. The molecule has 1 aliphatic heterocycles. The lowest BCUT2D eigenvalue weighted by Crippen LogP contribution is -2.38. The quantitative estimate of drug-likeness (QED) is 0.661. The van der Waals surface area contributed by atoms with E-state index in [-0.39, 0.29) is 17.5 Å². The minimum atomic E-state index is -0.281. The van der Waals surface area contributed by atoms with Crippen LogP contribution in [0.2, 0.25) is 0 Å². The third kappa shape index (κ3) is 2.40. The summed E-state index contributed by atoms with van der Waals surface area (Å²) in [4.78, 5) is 25.4. The number of pyridine rings is 1. The molecule has 1 fully saturated rings. The van der Waals surface area contributed by atoms with E-state index < -0.39 is 0 Å². The lowest BCUT2D eigenvalue weighted by atomic mass is 10.3. The number of aromatic nitrogens is 1. The molecule has 3 N–H and O–H groups in total. The van der Waals surface area contributed by atoms with Gasteiger partial charge in [0, 0.05) is 17.8 Å². The van der Waals surface area contributed by atoms with Crippen LogP contribution in [-0.2, 0) is 4.79 Å². The molecule has 2 heterocycles. The molecule has 0 aromatic carbocycles. The summed E-state index contributed by atoms with van der Waals surface area (Å²) in [6, 6.07) is 3.06. The zero-order chi connectivity index (χ0) is 10.7. The van der Waals surface area contributed by atoms with Crippen molar-refractivity contribution in [3.63, 3.8) is 0 Å². The Morgan fingerprint density at radius 2 is 2.47 bits per heavy atom. The van der Waals surface area contributed by atoms with Crippen molar-refractivity contribution in [2.75, 3.05) is 16.9 Å². The third-order valence-electron chi connectivity index (χ3n) is 2.11. The topological polar surface area (TPSA) is 74.0 Å². The Morgan fingerprint density at radius 1 is 1.60 bits per heavy atom. The smallest absolute Gasteiger partial charge is 0.271 e. The van der Waals surface area contributed by atoms with E-state index in [9.17, 15) is 9.59 Å². The van der Waals surface area contributed by atoms with Crippen LogP contribution in [0.1, 0.15) is 0 Å². The summed E-state index contributed by atoms with van der Waals surface area (Å²) in [7, 11) is 0. The van der Waals surface area contributed by atoms with E-state index >= 15 is 0 Å². The lowest BCUT2D eigenvalue weighted by molar-refractivity contribution is -0.117. The first kappa shape index (κ1) is 10.3. The molecule has 1 atom stereocenters. The number of hydrogen-bond acceptors (Lipinski definition) is 4. The number of thioether (sulfide) groups is 1. The van der Waals surface area contributed by atoms with Gasteiger partial charge in [-0.25, -0.2) is 0 Å². The number of carbonyl (C=O) groups is 1. The third-order valence-corrected chi connectivity index (χ3v) is 3.05. The number of nitrogens with one attached hydrogen (secondary N) is 3. The molecule has 6 heteroatoms. The summed E-state index contributed by atoms with van der Waals surface area (Å²) >= 11 is 1.67. The van der Waals surface area contributed by atoms with Crippen LogP contribution in [0, 0.1) is 0 Å². The summed E-state index contributed by atoms with van der Waals surface area (Å²) < 4.78 is 0. The molecule has 1 amide bonds. The van der Waals surface area contributed by atoms with Crippen LogP contribution < -0.4 is 16.2 Å². The van der Waals surface area contributed by atoms with Gasteiger partial charge in [-0.05, 0) is 12.1 Å². The SMILES string of the molecule is O=C(Nc1ccc[nH]c1=O)C1CSCN1. The van der Waals surface area contributed by atoms with Crippen LogP contribution in [-0.4, -0.2) is 28.6 Å². The molecule has 0 aliphatic carbocycles. The van der Waals surface area contributed by atoms with Crippen molar-refractivity contribution in [2.24, 2.45) is 0 Å². The van der Waals surface area contributed by atoms with Gasteiger partial charge in [0.1, 0.15) is 5.69 Å². The highest BCUT2D eigenvalue weighted by Crippen LogP contribution is 2.10. The number of anilines is 1. The van der Waals surface area contributed by atoms with Crippen LogP contribution in [0.25, 0.3) is 0 Å². The average molecular weight is 225 g/mol. The molecular formula is C9H11N3O2S. The van der Waals surface area contributed by atoms with Crippen LogP contribution in [0.15, 0.2) is 23.1 Å². The maximum atomic E-state index is 11.6. The number of aromatic amines is 1. The van der Waals surface area contributed by atoms with E-state index in [2.05, 4.69) is 15.6 Å². The first-order valence-electron chi connectivity index (χ1n) is 4.57. The number of H-pyrrole nitrogens is 1. The van der Waals surface area contributed by atoms with Gasteiger partial charge in [0.25, 0.3) is 5.56 Å². The Labute approximate surface area is 90.7 Å². The van der Waals surface area contributed by atoms with Crippen molar-refractivity contribution >= 4 is 23.4 Å². The number of rotatable bonds is 2. The molecule has 1 aromatic heterocycles. The Bertz CT molecular complexity index is 412. The minimum Gasteiger partial charge on any atom is -0.327 e. The molecule has 1 saturated heterocycles. The minimum absolute atomic E-state index is 0.156. The van der Waals surface area contributed by atoms with Gasteiger partial charge >= 0.3 is 0 Å². The van der Waals surface area contributed by atoms with E-state index in [1.807, 2.05) is 0 Å². The van der Waals surface area contributed by atoms with Crippen molar-refractivity contribution in [3.8, 4) is 0 Å². The van der Waals surface area contributed by atoms with Crippen molar-refractivity contribution < 1.29 is 4.79 Å². The highest BCUT2D eigenvalue weighted by atomic mass is 32.2. The largest absolute Gasteiger partial charge is 0.327 e. The predicted molar refractivity (Wildman–Crippen MR) is 59.9 cm³/mol. The summed E-state index contributed by atoms with van der Waals surface area (Å²) in [5.74, 6) is 1.37. The number of amides is 1. The summed E-state index contributed by atoms with van der Waals surface area (Å²) in [5.41, 5.74) is 0.0118. The monoisotopic (exact) mass is 225 g/mol. The molecule has 80 valence electrons. The van der Waals surface area contributed by atoms with Crippen LogP contribution >= 0.6 is 11.8 Å². The van der Waals surface area contributed by atoms with Crippen molar-refractivity contribution in [2.45, 2.75) is 6.04 Å². The summed E-state index contributed by atoms with van der Waals surface area (Å²) in [5, 5.41) is 5.63. The molecule has 1 aromatic rings. The maximum Gasteiger partial charge on any atom is 0.271 e. The van der Waals surface area contributed by atoms with Crippen LogP contribution in [0.4, 0.5) is 5.69 Å². The van der Waals surface area contributed by atoms with Gasteiger partial charge in [0.2, 0.25) is 5.91 Å². The molecule has 2 rings (SSSR count). The first-order chi connectivity index (χ1) is 7.27. The Balaban J connectivity index is 2.05. The van der Waals surface area contributed by atoms with Crippen molar-refractivity contribution in [1.29, 1.82) is 0 Å². The standard InChI is InChI=1S/C9H11N3O2S/c13-8-6(2-1-3-10-8)12-9(14)7-4-15-5-11-7/h1-3,7,11H,4-5H2,(H,10,13)(H,12,14). The Kier molecular flexibility index (Phi) is 3.08. The van der Waals surface area contributed by atoms with Gasteiger partial charge in [-0.1, -0.05) is 0 Å². The zero-order valence-corrected chi connectivity index (χ0v) is 8.76. The molecule has 0 radical (unpaired) electrons. The van der Waals surface area contributed by atoms with Gasteiger partial charge in [-0.3, -0.25) is 14.9 Å². The fourth-order valence-electron chi connectivity index (χ4n) is 1.30. The normalized spacial score (nSPS) is 20.1. The predicted octanol–water partition coefficient (Wildman–Crippen LogP) is -0.0241. The molecule has 0 spiro atoms. The number of carbonyl (C=O) groups excluding carboxylic acids is 1. The maximum absolute atomic E-state index is 11.6. The molecule has 0 saturated carbocycles. The molecule has 5 nitrogen and oxygen atoms in total. The Morgan fingerprint density at radius 3 is 3.13 bits per heavy atom. The van der Waals surface area contributed by atoms with Gasteiger partial charge in [0.15, 0.2) is 0 Å². The molecule has 0 bridgehead atoms. The Hall–Kier alpha value is -1.27. The average Bonchev–Trinajstić information content (AvgIpc) is 2.74. The molecular weight excluding hydrogens is 214 g/mol. The van der Waals surface area contributed by atoms with Gasteiger partial charge in [-0.2, -0.15) is 0 Å². The molecule has 1 aliphatic rings. The fourth-order valence-corrected chi connectivity index (χ4v) is 2.25. The first-order valence-corrected chi connectivity index (χ1v) is 5.72. The van der Waals surface area contributed by atoms with E-state index in [1.165, 1.54) is 6.20 Å². The second kappa shape index (κ2) is 4.50. The molecule has 15 heavy (non-hydrogen) atoms. The van der Waals surface area contributed by atoms with Crippen LogP contribution in [0.3, 0.4) is 0 Å². The van der Waals surface area contributed by atoms with Crippen molar-refractivity contribution in [1.82, 2.24) is 10.3 Å². The van der Waals surface area contributed by atoms with Gasteiger partial charge in [0.05, 0.1) is 6.04 Å². The zero-order valence-electron chi connectivity index (χ0n) is 7.95. The second-order valence-corrected chi connectivity index (χ2v) is 4.20. The van der Waals surface area contributed by atoms with Gasteiger partial charge < -0.3 is 10.3 Å². The summed E-state index contributed by atoms with van der Waals surface area (Å²) in [6.45, 7) is 0. The van der Waals surface area contributed by atoms with E-state index in [1.54, 1.807) is 23.9 Å². The molecule has 1 unspecified atom stereocenters. The fraction of sp³-hybridized carbons (Fsp3) is 0.333. The van der Waals surface area contributed by atoms with Crippen molar-refractivity contribution in [3.05, 3.63) is 28.7 Å². The van der Waals surface area contributed by atoms with E-state index in [0.29, 0.717) is 5.69 Å².